The van der Waals surface area contributed by atoms with Crippen LogP contribution in [-0.2, 0) is 4.79 Å². The van der Waals surface area contributed by atoms with Gasteiger partial charge in [0.05, 0.1) is 19.8 Å². The van der Waals surface area contributed by atoms with Gasteiger partial charge in [0.2, 0.25) is 5.91 Å². The smallest absolute Gasteiger partial charge is 0.325 e. The third-order valence-electron chi connectivity index (χ3n) is 3.97. The van der Waals surface area contributed by atoms with E-state index in [2.05, 4.69) is 16.0 Å². The molecule has 2 aromatic carbocycles. The van der Waals surface area contributed by atoms with Gasteiger partial charge in [-0.05, 0) is 50.6 Å². The number of benzene rings is 2. The van der Waals surface area contributed by atoms with Crippen LogP contribution in [0.5, 0.6) is 11.5 Å². The lowest BCUT2D eigenvalue weighted by Crippen LogP contribution is -2.40. The molecule has 156 valence electrons. The van der Waals surface area contributed by atoms with Gasteiger partial charge in [-0.15, -0.1) is 0 Å². The van der Waals surface area contributed by atoms with E-state index in [9.17, 15) is 9.59 Å². The zero-order chi connectivity index (χ0) is 21.2. The highest BCUT2D eigenvalue weighted by atomic mass is 35.5. The second-order valence-corrected chi connectivity index (χ2v) is 6.62. The van der Waals surface area contributed by atoms with E-state index in [0.29, 0.717) is 35.4 Å². The lowest BCUT2D eigenvalue weighted by molar-refractivity contribution is -0.119. The molecule has 0 saturated carbocycles. The van der Waals surface area contributed by atoms with Crippen molar-refractivity contribution in [2.24, 2.45) is 0 Å². The third-order valence-corrected chi connectivity index (χ3v) is 4.21. The van der Waals surface area contributed by atoms with Crippen molar-refractivity contribution in [2.45, 2.75) is 26.8 Å². The molecule has 29 heavy (non-hydrogen) atoms. The maximum Gasteiger partial charge on any atom is 0.325 e. The molecule has 0 aliphatic rings. The number of hydrogen-bond acceptors (Lipinski definition) is 5. The summed E-state index contributed by atoms with van der Waals surface area (Å²) >= 11 is 5.98. The molecule has 3 N–H and O–H groups in total. The molecule has 0 saturated heterocycles. The SMILES string of the molecule is CCOc1ccc(NC(=O)NC(=O)CN[C@H](C)c2cccc(Cl)c2)cc1OCC. The Morgan fingerprint density at radius 3 is 2.45 bits per heavy atom. The number of nitrogens with one attached hydrogen (secondary N) is 3. The molecular formula is C21H26ClN3O4. The normalized spacial score (nSPS) is 11.4. The highest BCUT2D eigenvalue weighted by Gasteiger charge is 2.12. The van der Waals surface area contributed by atoms with E-state index in [4.69, 9.17) is 21.1 Å². The first-order valence-corrected chi connectivity index (χ1v) is 9.80. The molecule has 0 heterocycles. The molecule has 0 fully saturated rings. The maximum atomic E-state index is 12.1. The summed E-state index contributed by atoms with van der Waals surface area (Å²) in [5, 5.41) is 8.59. The molecule has 1 atom stereocenters. The van der Waals surface area contributed by atoms with Gasteiger partial charge in [0.25, 0.3) is 0 Å². The van der Waals surface area contributed by atoms with Gasteiger partial charge < -0.3 is 20.1 Å². The van der Waals surface area contributed by atoms with E-state index in [-0.39, 0.29) is 12.6 Å². The second kappa shape index (κ2) is 11.3. The Bertz CT molecular complexity index is 844. The number of anilines is 1. The van der Waals surface area contributed by atoms with E-state index < -0.39 is 11.9 Å². The number of halogens is 1. The standard InChI is InChI=1S/C21H26ClN3O4/c1-4-28-18-10-9-17(12-19(18)29-5-2)24-21(27)25-20(26)13-23-14(3)15-7-6-8-16(22)11-15/h6-12,14,23H,4-5,13H2,1-3H3,(H2,24,25,26,27)/t14-/m1/s1. The summed E-state index contributed by atoms with van der Waals surface area (Å²) in [5.74, 6) is 0.665. The number of carbonyl (C=O) groups excluding carboxylic acids is 2. The predicted octanol–water partition coefficient (Wildman–Crippen LogP) is 4.14. The number of urea groups is 1. The summed E-state index contributed by atoms with van der Waals surface area (Å²) in [6.07, 6.45) is 0. The Balaban J connectivity index is 1.86. The fraction of sp³-hybridized carbons (Fsp3) is 0.333. The number of amides is 3. The average molecular weight is 420 g/mol. The van der Waals surface area contributed by atoms with Crippen molar-refractivity contribution in [3.63, 3.8) is 0 Å². The van der Waals surface area contributed by atoms with Gasteiger partial charge in [-0.25, -0.2) is 4.79 Å². The Kier molecular flexibility index (Phi) is 8.76. The fourth-order valence-corrected chi connectivity index (χ4v) is 2.80. The quantitative estimate of drug-likeness (QED) is 0.568. The van der Waals surface area contributed by atoms with Gasteiger partial charge in [-0.1, -0.05) is 23.7 Å². The van der Waals surface area contributed by atoms with Crippen molar-refractivity contribution >= 4 is 29.2 Å². The predicted molar refractivity (Wildman–Crippen MR) is 114 cm³/mol. The van der Waals surface area contributed by atoms with Crippen LogP contribution in [0.3, 0.4) is 0 Å². The van der Waals surface area contributed by atoms with Crippen molar-refractivity contribution in [2.75, 3.05) is 25.1 Å². The minimum atomic E-state index is -0.626. The van der Waals surface area contributed by atoms with Crippen LogP contribution in [0.4, 0.5) is 10.5 Å². The van der Waals surface area contributed by atoms with Gasteiger partial charge in [-0.2, -0.15) is 0 Å². The summed E-state index contributed by atoms with van der Waals surface area (Å²) < 4.78 is 11.0. The fourth-order valence-electron chi connectivity index (χ4n) is 2.60. The van der Waals surface area contributed by atoms with E-state index in [1.807, 2.05) is 39.0 Å². The molecule has 0 radical (unpaired) electrons. The zero-order valence-electron chi connectivity index (χ0n) is 16.8. The highest BCUT2D eigenvalue weighted by Crippen LogP contribution is 2.30. The molecule has 7 nitrogen and oxygen atoms in total. The zero-order valence-corrected chi connectivity index (χ0v) is 17.5. The molecule has 0 spiro atoms. The van der Waals surface area contributed by atoms with Crippen molar-refractivity contribution in [3.8, 4) is 11.5 Å². The molecule has 2 rings (SSSR count). The monoisotopic (exact) mass is 419 g/mol. The summed E-state index contributed by atoms with van der Waals surface area (Å²) in [5.41, 5.74) is 1.44. The van der Waals surface area contributed by atoms with Crippen molar-refractivity contribution < 1.29 is 19.1 Å². The number of imide groups is 1. The lowest BCUT2D eigenvalue weighted by Gasteiger charge is -2.15. The minimum Gasteiger partial charge on any atom is -0.490 e. The summed E-state index contributed by atoms with van der Waals surface area (Å²) in [7, 11) is 0. The van der Waals surface area contributed by atoms with E-state index >= 15 is 0 Å². The number of rotatable bonds is 9. The minimum absolute atomic E-state index is 0.0193. The highest BCUT2D eigenvalue weighted by molar-refractivity contribution is 6.30. The molecule has 0 aliphatic carbocycles. The van der Waals surface area contributed by atoms with Crippen LogP contribution in [0.15, 0.2) is 42.5 Å². The Labute approximate surface area is 175 Å². The van der Waals surface area contributed by atoms with Crippen LogP contribution in [0.25, 0.3) is 0 Å². The molecule has 2 aromatic rings. The molecule has 0 aromatic heterocycles. The van der Waals surface area contributed by atoms with Crippen LogP contribution < -0.4 is 25.4 Å². The molecule has 8 heteroatoms. The van der Waals surface area contributed by atoms with Crippen molar-refractivity contribution in [3.05, 3.63) is 53.1 Å². The third kappa shape index (κ3) is 7.29. The van der Waals surface area contributed by atoms with Crippen LogP contribution in [-0.4, -0.2) is 31.7 Å². The van der Waals surface area contributed by atoms with Gasteiger partial charge in [0.15, 0.2) is 11.5 Å². The van der Waals surface area contributed by atoms with Gasteiger partial charge in [0, 0.05) is 22.8 Å². The molecule has 0 unspecified atom stereocenters. The Morgan fingerprint density at radius 1 is 1.03 bits per heavy atom. The number of carbonyl (C=O) groups is 2. The summed E-state index contributed by atoms with van der Waals surface area (Å²) in [4.78, 5) is 24.2. The van der Waals surface area contributed by atoms with E-state index in [0.717, 1.165) is 5.56 Å². The Hall–Kier alpha value is -2.77. The first-order chi connectivity index (χ1) is 13.9. The number of ether oxygens (including phenoxy) is 2. The largest absolute Gasteiger partial charge is 0.490 e. The van der Waals surface area contributed by atoms with Gasteiger partial charge in [-0.3, -0.25) is 10.1 Å². The molecule has 0 bridgehead atoms. The van der Waals surface area contributed by atoms with Crippen LogP contribution >= 0.6 is 11.6 Å². The first-order valence-electron chi connectivity index (χ1n) is 9.42. The maximum absolute atomic E-state index is 12.1. The van der Waals surface area contributed by atoms with Crippen LogP contribution in [0, 0.1) is 0 Å². The number of hydrogen-bond donors (Lipinski definition) is 3. The van der Waals surface area contributed by atoms with Gasteiger partial charge in [0.1, 0.15) is 0 Å². The second-order valence-electron chi connectivity index (χ2n) is 6.19. The summed E-state index contributed by atoms with van der Waals surface area (Å²) in [6.45, 7) is 6.59. The lowest BCUT2D eigenvalue weighted by atomic mass is 10.1. The molecule has 3 amide bonds. The van der Waals surface area contributed by atoms with Crippen LogP contribution in [0.1, 0.15) is 32.4 Å². The van der Waals surface area contributed by atoms with E-state index in [1.54, 1.807) is 24.3 Å². The Morgan fingerprint density at radius 2 is 1.76 bits per heavy atom. The van der Waals surface area contributed by atoms with Crippen molar-refractivity contribution in [1.29, 1.82) is 0 Å². The first kappa shape index (κ1) is 22.5. The van der Waals surface area contributed by atoms with E-state index in [1.165, 1.54) is 0 Å². The average Bonchev–Trinajstić information content (AvgIpc) is 2.68. The molecule has 0 aliphatic heterocycles. The van der Waals surface area contributed by atoms with Gasteiger partial charge >= 0.3 is 6.03 Å². The van der Waals surface area contributed by atoms with Crippen molar-refractivity contribution in [1.82, 2.24) is 10.6 Å². The van der Waals surface area contributed by atoms with Crippen LogP contribution in [0.2, 0.25) is 5.02 Å². The topological polar surface area (TPSA) is 88.7 Å². The summed E-state index contributed by atoms with van der Waals surface area (Å²) in [6, 6.07) is 11.7. The molecular weight excluding hydrogens is 394 g/mol.